The van der Waals surface area contributed by atoms with Crippen molar-refractivity contribution in [1.29, 1.82) is 0 Å². The third-order valence-corrected chi connectivity index (χ3v) is 1.81. The molecule has 0 fully saturated rings. The SMILES string of the molecule is CN(C)CC(O)c1cc(F)cc(F)c1. The Kier molecular flexibility index (Phi) is 3.55. The second-order valence-corrected chi connectivity index (χ2v) is 3.48. The maximum atomic E-state index is 12.8. The third kappa shape index (κ3) is 3.05. The Hall–Kier alpha value is -1.00. The molecule has 0 aliphatic carbocycles. The summed E-state index contributed by atoms with van der Waals surface area (Å²) in [6.45, 7) is 0.336. The second kappa shape index (κ2) is 4.48. The van der Waals surface area contributed by atoms with E-state index in [1.165, 1.54) is 0 Å². The maximum Gasteiger partial charge on any atom is 0.126 e. The van der Waals surface area contributed by atoms with Crippen LogP contribution in [0.4, 0.5) is 8.78 Å². The van der Waals surface area contributed by atoms with Crippen molar-refractivity contribution in [3.05, 3.63) is 35.4 Å². The molecule has 2 nitrogen and oxygen atoms in total. The summed E-state index contributed by atoms with van der Waals surface area (Å²) in [5, 5.41) is 9.56. The van der Waals surface area contributed by atoms with Crippen LogP contribution in [0.15, 0.2) is 18.2 Å². The van der Waals surface area contributed by atoms with E-state index in [0.29, 0.717) is 6.54 Å². The van der Waals surface area contributed by atoms with Crippen molar-refractivity contribution in [1.82, 2.24) is 4.90 Å². The molecule has 1 N–H and O–H groups in total. The molecule has 0 aliphatic rings. The minimum atomic E-state index is -0.866. The first-order valence-corrected chi connectivity index (χ1v) is 4.28. The van der Waals surface area contributed by atoms with Gasteiger partial charge < -0.3 is 10.0 Å². The molecular formula is C10H13F2NO. The second-order valence-electron chi connectivity index (χ2n) is 3.48. The predicted molar refractivity (Wildman–Crippen MR) is 49.9 cm³/mol. The summed E-state index contributed by atoms with van der Waals surface area (Å²) < 4.78 is 25.5. The molecule has 0 heterocycles. The molecule has 1 atom stereocenters. The van der Waals surface area contributed by atoms with Gasteiger partial charge in [-0.25, -0.2) is 8.78 Å². The molecule has 1 unspecified atom stereocenters. The number of rotatable bonds is 3. The summed E-state index contributed by atoms with van der Waals surface area (Å²) in [6, 6.07) is 3.06. The largest absolute Gasteiger partial charge is 0.387 e. The van der Waals surface area contributed by atoms with Crippen molar-refractivity contribution in [3.8, 4) is 0 Å². The summed E-state index contributed by atoms with van der Waals surface area (Å²) in [7, 11) is 3.55. The van der Waals surface area contributed by atoms with Crippen molar-refractivity contribution < 1.29 is 13.9 Å². The molecule has 0 saturated carbocycles. The molecule has 4 heteroatoms. The average Bonchev–Trinajstić information content (AvgIpc) is 2.00. The Bertz CT molecular complexity index is 295. The van der Waals surface area contributed by atoms with Gasteiger partial charge in [0.25, 0.3) is 0 Å². The molecule has 1 aromatic carbocycles. The van der Waals surface area contributed by atoms with E-state index in [2.05, 4.69) is 0 Å². The van der Waals surface area contributed by atoms with Crippen LogP contribution >= 0.6 is 0 Å². The number of aliphatic hydroxyl groups excluding tert-OH is 1. The highest BCUT2D eigenvalue weighted by Crippen LogP contribution is 2.16. The maximum absolute atomic E-state index is 12.8. The van der Waals surface area contributed by atoms with Gasteiger partial charge in [-0.3, -0.25) is 0 Å². The predicted octanol–water partition coefficient (Wildman–Crippen LogP) is 1.56. The Morgan fingerprint density at radius 1 is 1.21 bits per heavy atom. The van der Waals surface area contributed by atoms with Crippen LogP contribution in [0.5, 0.6) is 0 Å². The Balaban J connectivity index is 2.84. The Morgan fingerprint density at radius 3 is 2.14 bits per heavy atom. The van der Waals surface area contributed by atoms with Gasteiger partial charge in [0.2, 0.25) is 0 Å². The average molecular weight is 201 g/mol. The molecule has 0 spiro atoms. The highest BCUT2D eigenvalue weighted by molar-refractivity contribution is 5.20. The molecule has 1 rings (SSSR count). The van der Waals surface area contributed by atoms with Crippen LogP contribution in [-0.4, -0.2) is 30.6 Å². The van der Waals surface area contributed by atoms with E-state index in [1.807, 2.05) is 0 Å². The fraction of sp³-hybridized carbons (Fsp3) is 0.400. The van der Waals surface area contributed by atoms with Crippen molar-refractivity contribution in [3.63, 3.8) is 0 Å². The van der Waals surface area contributed by atoms with Gasteiger partial charge in [0.05, 0.1) is 6.10 Å². The van der Waals surface area contributed by atoms with E-state index in [4.69, 9.17) is 0 Å². The van der Waals surface area contributed by atoms with Crippen molar-refractivity contribution in [2.75, 3.05) is 20.6 Å². The van der Waals surface area contributed by atoms with Crippen LogP contribution in [0.3, 0.4) is 0 Å². The Morgan fingerprint density at radius 2 is 1.71 bits per heavy atom. The third-order valence-electron chi connectivity index (χ3n) is 1.81. The van der Waals surface area contributed by atoms with E-state index in [0.717, 1.165) is 18.2 Å². The van der Waals surface area contributed by atoms with Crippen LogP contribution in [0.25, 0.3) is 0 Å². The van der Waals surface area contributed by atoms with E-state index < -0.39 is 17.7 Å². The lowest BCUT2D eigenvalue weighted by molar-refractivity contribution is 0.137. The highest BCUT2D eigenvalue weighted by Gasteiger charge is 2.10. The molecule has 0 amide bonds. The lowest BCUT2D eigenvalue weighted by atomic mass is 10.1. The standard InChI is InChI=1S/C10H13F2NO/c1-13(2)6-10(14)7-3-8(11)5-9(12)4-7/h3-5,10,14H,6H2,1-2H3. The smallest absolute Gasteiger partial charge is 0.126 e. The van der Waals surface area contributed by atoms with Gasteiger partial charge in [-0.1, -0.05) is 0 Å². The fourth-order valence-electron chi connectivity index (χ4n) is 1.22. The molecule has 0 bridgehead atoms. The van der Waals surface area contributed by atoms with Gasteiger partial charge in [0.15, 0.2) is 0 Å². The number of hydrogen-bond donors (Lipinski definition) is 1. The van der Waals surface area contributed by atoms with E-state index >= 15 is 0 Å². The van der Waals surface area contributed by atoms with Crippen molar-refractivity contribution >= 4 is 0 Å². The lowest BCUT2D eigenvalue weighted by Crippen LogP contribution is -2.20. The van der Waals surface area contributed by atoms with Crippen molar-refractivity contribution in [2.24, 2.45) is 0 Å². The molecular weight excluding hydrogens is 188 g/mol. The zero-order chi connectivity index (χ0) is 10.7. The minimum absolute atomic E-state index is 0.260. The van der Waals surface area contributed by atoms with E-state index in [1.54, 1.807) is 19.0 Å². The molecule has 0 aromatic heterocycles. The number of hydrogen-bond acceptors (Lipinski definition) is 2. The van der Waals surface area contributed by atoms with Gasteiger partial charge in [0, 0.05) is 12.6 Å². The first-order valence-electron chi connectivity index (χ1n) is 4.28. The van der Waals surface area contributed by atoms with Crippen LogP contribution < -0.4 is 0 Å². The van der Waals surface area contributed by atoms with Gasteiger partial charge in [0.1, 0.15) is 11.6 Å². The number of aliphatic hydroxyl groups is 1. The van der Waals surface area contributed by atoms with Gasteiger partial charge >= 0.3 is 0 Å². The van der Waals surface area contributed by atoms with Crippen LogP contribution in [0.2, 0.25) is 0 Å². The topological polar surface area (TPSA) is 23.5 Å². The summed E-state index contributed by atoms with van der Waals surface area (Å²) in [5.74, 6) is -1.34. The summed E-state index contributed by atoms with van der Waals surface area (Å²) in [4.78, 5) is 1.74. The fourth-order valence-corrected chi connectivity index (χ4v) is 1.22. The first kappa shape index (κ1) is 11.1. The molecule has 1 aromatic rings. The van der Waals surface area contributed by atoms with Crippen LogP contribution in [0, 0.1) is 11.6 Å². The van der Waals surface area contributed by atoms with Gasteiger partial charge in [-0.05, 0) is 31.8 Å². The quantitative estimate of drug-likeness (QED) is 0.802. The molecule has 0 aliphatic heterocycles. The monoisotopic (exact) mass is 201 g/mol. The number of likely N-dealkylation sites (N-methyl/N-ethyl adjacent to an activating group) is 1. The zero-order valence-electron chi connectivity index (χ0n) is 8.17. The molecule has 0 radical (unpaired) electrons. The number of benzene rings is 1. The minimum Gasteiger partial charge on any atom is -0.387 e. The summed E-state index contributed by atoms with van der Waals surface area (Å²) in [6.07, 6.45) is -0.866. The molecule has 14 heavy (non-hydrogen) atoms. The van der Waals surface area contributed by atoms with Gasteiger partial charge in [-0.2, -0.15) is 0 Å². The van der Waals surface area contributed by atoms with E-state index in [-0.39, 0.29) is 5.56 Å². The van der Waals surface area contributed by atoms with Crippen LogP contribution in [-0.2, 0) is 0 Å². The first-order chi connectivity index (χ1) is 6.49. The highest BCUT2D eigenvalue weighted by atomic mass is 19.1. The normalized spacial score (nSPS) is 13.3. The van der Waals surface area contributed by atoms with Crippen LogP contribution in [0.1, 0.15) is 11.7 Å². The summed E-state index contributed by atoms with van der Waals surface area (Å²) in [5.41, 5.74) is 0.260. The summed E-state index contributed by atoms with van der Waals surface area (Å²) >= 11 is 0. The lowest BCUT2D eigenvalue weighted by Gasteiger charge is -2.16. The number of halogens is 2. The molecule has 0 saturated heterocycles. The van der Waals surface area contributed by atoms with E-state index in [9.17, 15) is 13.9 Å². The van der Waals surface area contributed by atoms with Gasteiger partial charge in [-0.15, -0.1) is 0 Å². The van der Waals surface area contributed by atoms with Crippen molar-refractivity contribution in [2.45, 2.75) is 6.10 Å². The number of nitrogens with zero attached hydrogens (tertiary/aromatic N) is 1. The zero-order valence-corrected chi connectivity index (χ0v) is 8.17. The molecule has 78 valence electrons. The Labute approximate surface area is 81.8 Å².